The molecule has 11 heavy (non-hydrogen) atoms. The van der Waals surface area contributed by atoms with Crippen molar-refractivity contribution in [2.75, 3.05) is 0 Å². The van der Waals surface area contributed by atoms with Crippen LogP contribution in [0.15, 0.2) is 0 Å². The van der Waals surface area contributed by atoms with Crippen LogP contribution in [0.5, 0.6) is 0 Å². The van der Waals surface area contributed by atoms with Crippen LogP contribution in [0.2, 0.25) is 0 Å². The van der Waals surface area contributed by atoms with Crippen LogP contribution >= 0.6 is 0 Å². The molecule has 1 nitrogen and oxygen atoms in total. The van der Waals surface area contributed by atoms with Crippen LogP contribution in [0.25, 0.3) is 0 Å². The molecule has 1 heterocycles. The van der Waals surface area contributed by atoms with E-state index in [0.717, 1.165) is 17.3 Å². The van der Waals surface area contributed by atoms with Gasteiger partial charge in [0.15, 0.2) is 0 Å². The van der Waals surface area contributed by atoms with Gasteiger partial charge in [0.2, 0.25) is 0 Å². The standard InChI is InChI=1S/C10H16O/c1-6(2)10-4-7(10)9(3)8(5-10)11-9/h6-8H,4-5H2,1-3H3/t7-,8?,9?,10-/m1/s1. The molecule has 0 aromatic rings. The predicted octanol–water partition coefficient (Wildman–Crippen LogP) is 2.21. The summed E-state index contributed by atoms with van der Waals surface area (Å²) < 4.78 is 5.67. The molecule has 2 saturated carbocycles. The van der Waals surface area contributed by atoms with Crippen molar-refractivity contribution >= 4 is 0 Å². The summed E-state index contributed by atoms with van der Waals surface area (Å²) in [6.07, 6.45) is 3.44. The first kappa shape index (κ1) is 6.47. The maximum Gasteiger partial charge on any atom is 0.0954 e. The topological polar surface area (TPSA) is 12.5 Å². The van der Waals surface area contributed by atoms with E-state index in [1.807, 2.05) is 0 Å². The molecular weight excluding hydrogens is 136 g/mol. The van der Waals surface area contributed by atoms with E-state index in [1.54, 1.807) is 0 Å². The Hall–Kier alpha value is -0.0400. The molecule has 4 atom stereocenters. The number of hydrogen-bond donors (Lipinski definition) is 0. The molecule has 0 radical (unpaired) electrons. The average Bonchev–Trinajstić information content (AvgIpc) is 2.74. The maximum absolute atomic E-state index is 5.67. The van der Waals surface area contributed by atoms with Crippen LogP contribution in [0.4, 0.5) is 0 Å². The molecule has 0 bridgehead atoms. The third kappa shape index (κ3) is 0.516. The highest BCUT2D eigenvalue weighted by Gasteiger charge is 2.79. The van der Waals surface area contributed by atoms with Gasteiger partial charge in [0, 0.05) is 0 Å². The highest BCUT2D eigenvalue weighted by Crippen LogP contribution is 2.78. The normalized spacial score (nSPS) is 64.4. The molecule has 1 saturated heterocycles. The number of fused-ring (bicyclic) bond motifs is 3. The summed E-state index contributed by atoms with van der Waals surface area (Å²) in [5.74, 6) is 1.79. The molecule has 0 N–H and O–H groups in total. The van der Waals surface area contributed by atoms with Gasteiger partial charge in [0.25, 0.3) is 0 Å². The van der Waals surface area contributed by atoms with Crippen molar-refractivity contribution in [3.05, 3.63) is 0 Å². The minimum absolute atomic E-state index is 0.338. The Bertz CT molecular complexity index is 223. The number of hydrogen-bond acceptors (Lipinski definition) is 1. The van der Waals surface area contributed by atoms with Crippen molar-refractivity contribution in [3.8, 4) is 0 Å². The van der Waals surface area contributed by atoms with Crippen molar-refractivity contribution in [1.29, 1.82) is 0 Å². The minimum atomic E-state index is 0.338. The zero-order valence-electron chi connectivity index (χ0n) is 7.55. The molecule has 0 amide bonds. The molecule has 3 aliphatic rings. The van der Waals surface area contributed by atoms with E-state index in [2.05, 4.69) is 20.8 Å². The molecule has 0 aromatic heterocycles. The van der Waals surface area contributed by atoms with Gasteiger partial charge in [-0.25, -0.2) is 0 Å². The van der Waals surface area contributed by atoms with Gasteiger partial charge < -0.3 is 4.74 Å². The van der Waals surface area contributed by atoms with Gasteiger partial charge in [-0.05, 0) is 37.0 Å². The van der Waals surface area contributed by atoms with E-state index >= 15 is 0 Å². The van der Waals surface area contributed by atoms with E-state index in [-0.39, 0.29) is 0 Å². The lowest BCUT2D eigenvalue weighted by atomic mass is 9.89. The fourth-order valence-corrected chi connectivity index (χ4v) is 3.36. The van der Waals surface area contributed by atoms with Gasteiger partial charge in [0.1, 0.15) is 0 Å². The van der Waals surface area contributed by atoms with Crippen LogP contribution in [0.3, 0.4) is 0 Å². The molecule has 2 unspecified atom stereocenters. The zero-order chi connectivity index (χ0) is 7.85. The van der Waals surface area contributed by atoms with Crippen LogP contribution in [-0.4, -0.2) is 11.7 Å². The Morgan fingerprint density at radius 3 is 2.45 bits per heavy atom. The highest BCUT2D eigenvalue weighted by molar-refractivity contribution is 5.27. The Kier molecular flexibility index (Phi) is 0.820. The van der Waals surface area contributed by atoms with Gasteiger partial charge in [-0.3, -0.25) is 0 Å². The SMILES string of the molecule is CC(C)[C@@]12CC3OC3(C)[C@H]1C2. The summed E-state index contributed by atoms with van der Waals surface area (Å²) in [5.41, 5.74) is 1.06. The smallest absolute Gasteiger partial charge is 0.0954 e. The van der Waals surface area contributed by atoms with Gasteiger partial charge in [-0.15, -0.1) is 0 Å². The minimum Gasteiger partial charge on any atom is -0.366 e. The quantitative estimate of drug-likeness (QED) is 0.525. The Morgan fingerprint density at radius 2 is 2.09 bits per heavy atom. The molecular formula is C10H16O. The largest absolute Gasteiger partial charge is 0.366 e. The van der Waals surface area contributed by atoms with Crippen molar-refractivity contribution in [2.24, 2.45) is 17.3 Å². The van der Waals surface area contributed by atoms with Crippen LogP contribution < -0.4 is 0 Å². The molecule has 3 fully saturated rings. The lowest BCUT2D eigenvalue weighted by molar-refractivity contribution is 0.187. The van der Waals surface area contributed by atoms with Gasteiger partial charge >= 0.3 is 0 Å². The first-order chi connectivity index (χ1) is 5.09. The summed E-state index contributed by atoms with van der Waals surface area (Å²) in [6.45, 7) is 7.04. The predicted molar refractivity (Wildman–Crippen MR) is 43.3 cm³/mol. The fourth-order valence-electron chi connectivity index (χ4n) is 3.36. The maximum atomic E-state index is 5.67. The Morgan fingerprint density at radius 1 is 1.36 bits per heavy atom. The van der Waals surface area contributed by atoms with Gasteiger partial charge in [0.05, 0.1) is 11.7 Å². The van der Waals surface area contributed by atoms with E-state index in [0.29, 0.717) is 11.7 Å². The molecule has 62 valence electrons. The second-order valence-corrected chi connectivity index (χ2v) is 5.14. The average molecular weight is 152 g/mol. The first-order valence-electron chi connectivity index (χ1n) is 4.77. The third-order valence-electron chi connectivity index (χ3n) is 4.50. The molecule has 0 spiro atoms. The lowest BCUT2D eigenvalue weighted by Crippen LogP contribution is -2.13. The molecule has 2 aliphatic carbocycles. The van der Waals surface area contributed by atoms with Gasteiger partial charge in [-0.1, -0.05) is 13.8 Å². The van der Waals surface area contributed by atoms with Gasteiger partial charge in [-0.2, -0.15) is 0 Å². The summed E-state index contributed by atoms with van der Waals surface area (Å²) >= 11 is 0. The summed E-state index contributed by atoms with van der Waals surface area (Å²) in [5, 5.41) is 0. The Balaban J connectivity index is 1.91. The molecule has 1 aliphatic heterocycles. The summed E-state index contributed by atoms with van der Waals surface area (Å²) in [4.78, 5) is 0. The summed E-state index contributed by atoms with van der Waals surface area (Å²) in [6, 6.07) is 0. The van der Waals surface area contributed by atoms with Crippen LogP contribution in [-0.2, 0) is 4.74 Å². The van der Waals surface area contributed by atoms with Crippen LogP contribution in [0.1, 0.15) is 33.6 Å². The zero-order valence-corrected chi connectivity index (χ0v) is 7.55. The van der Waals surface area contributed by atoms with Crippen molar-refractivity contribution in [2.45, 2.75) is 45.3 Å². The van der Waals surface area contributed by atoms with E-state index in [9.17, 15) is 0 Å². The summed E-state index contributed by atoms with van der Waals surface area (Å²) in [7, 11) is 0. The van der Waals surface area contributed by atoms with Crippen LogP contribution in [0, 0.1) is 17.3 Å². The Labute approximate surface area is 68.1 Å². The van der Waals surface area contributed by atoms with Crippen molar-refractivity contribution < 1.29 is 4.74 Å². The van der Waals surface area contributed by atoms with Crippen molar-refractivity contribution in [3.63, 3.8) is 0 Å². The second kappa shape index (κ2) is 1.39. The highest BCUT2D eigenvalue weighted by atomic mass is 16.6. The van der Waals surface area contributed by atoms with Crippen molar-refractivity contribution in [1.82, 2.24) is 0 Å². The second-order valence-electron chi connectivity index (χ2n) is 5.14. The van der Waals surface area contributed by atoms with E-state index < -0.39 is 0 Å². The molecule has 0 aromatic carbocycles. The monoisotopic (exact) mass is 152 g/mol. The number of epoxide rings is 1. The van der Waals surface area contributed by atoms with E-state index in [4.69, 9.17) is 4.74 Å². The van der Waals surface area contributed by atoms with E-state index in [1.165, 1.54) is 12.8 Å². The molecule has 3 rings (SSSR count). The first-order valence-corrected chi connectivity index (χ1v) is 4.77. The number of ether oxygens (including phenoxy) is 1. The third-order valence-corrected chi connectivity index (χ3v) is 4.50. The number of rotatable bonds is 1. The fraction of sp³-hybridized carbons (Fsp3) is 1.00. The lowest BCUT2D eigenvalue weighted by Gasteiger charge is -2.17. The molecule has 1 heteroatoms.